The largest absolute Gasteiger partial charge is 0.0713 e. The van der Waals surface area contributed by atoms with E-state index in [1.165, 1.54) is 121 Å². The van der Waals surface area contributed by atoms with E-state index in [1.54, 1.807) is 0 Å². The van der Waals surface area contributed by atoms with Crippen molar-refractivity contribution < 1.29 is 0 Å². The minimum Gasteiger partial charge on any atom is -0.0622 e. The molecule has 0 N–H and O–H groups in total. The van der Waals surface area contributed by atoms with Gasteiger partial charge >= 0.3 is 0 Å². The van der Waals surface area contributed by atoms with E-state index < -0.39 is 5.41 Å². The van der Waals surface area contributed by atoms with E-state index in [4.69, 9.17) is 0 Å². The van der Waals surface area contributed by atoms with Crippen LogP contribution < -0.4 is 0 Å². The third-order valence-corrected chi connectivity index (χ3v) is 15.5. The molecule has 2 aliphatic rings. The SMILES string of the molecule is c1ccc(C2c3cc(C(c4ccc5c(c4)C(c4ccccc4)(c4ccccc4)c4cc(-c6ccc7ccccc7c6)ccc4-5)c4cccc5ccccc45)ccc3-c3ccc4ccccc4c32)cc1. The van der Waals surface area contributed by atoms with Crippen molar-refractivity contribution in [2.75, 3.05) is 0 Å². The molecule has 14 rings (SSSR count). The maximum atomic E-state index is 2.58. The Morgan fingerprint density at radius 2 is 0.826 bits per heavy atom. The molecule has 2 aliphatic carbocycles. The van der Waals surface area contributed by atoms with Gasteiger partial charge in [-0.2, -0.15) is 0 Å². The van der Waals surface area contributed by atoms with Crippen LogP contribution in [0.15, 0.2) is 267 Å². The summed E-state index contributed by atoms with van der Waals surface area (Å²) in [5.41, 5.74) is 20.2. The smallest absolute Gasteiger partial charge is 0.0622 e. The quantitative estimate of drug-likeness (QED) is 0.140. The van der Waals surface area contributed by atoms with Crippen molar-refractivity contribution in [3.05, 3.63) is 323 Å². The number of benzene rings is 12. The van der Waals surface area contributed by atoms with Crippen LogP contribution in [0.5, 0.6) is 0 Å². The fourth-order valence-corrected chi connectivity index (χ4v) is 12.5. The monoisotopic (exact) mass is 874 g/mol. The molecule has 0 aliphatic heterocycles. The molecule has 0 amide bonds. The predicted molar refractivity (Wildman–Crippen MR) is 288 cm³/mol. The van der Waals surface area contributed by atoms with E-state index in [0.717, 1.165) is 0 Å². The highest BCUT2D eigenvalue weighted by atomic mass is 14.5. The Bertz CT molecular complexity index is 3910. The Morgan fingerprint density at radius 1 is 0.319 bits per heavy atom. The first-order valence-corrected chi connectivity index (χ1v) is 24.3. The van der Waals surface area contributed by atoms with Gasteiger partial charge in [0.05, 0.1) is 5.41 Å². The van der Waals surface area contributed by atoms with Crippen molar-refractivity contribution in [2.24, 2.45) is 0 Å². The summed E-state index contributed by atoms with van der Waals surface area (Å²) in [5, 5.41) is 7.64. The molecule has 0 nitrogen and oxygen atoms in total. The molecule has 69 heavy (non-hydrogen) atoms. The van der Waals surface area contributed by atoms with Crippen LogP contribution in [0.4, 0.5) is 0 Å². The lowest BCUT2D eigenvalue weighted by molar-refractivity contribution is 0.765. The molecule has 0 aromatic heterocycles. The number of rotatable bonds is 7. The van der Waals surface area contributed by atoms with Gasteiger partial charge in [0.25, 0.3) is 0 Å². The summed E-state index contributed by atoms with van der Waals surface area (Å²) in [5.74, 6) is 0.0373. The van der Waals surface area contributed by atoms with Crippen LogP contribution in [0, 0.1) is 0 Å². The number of hydrogen-bond donors (Lipinski definition) is 0. The molecule has 0 fully saturated rings. The van der Waals surface area contributed by atoms with Crippen LogP contribution in [0.2, 0.25) is 0 Å². The predicted octanol–water partition coefficient (Wildman–Crippen LogP) is 17.5. The van der Waals surface area contributed by atoms with E-state index in [0.29, 0.717) is 0 Å². The number of fused-ring (bicyclic) bond motifs is 10. The molecule has 2 unspecified atom stereocenters. The molecule has 322 valence electrons. The minimum absolute atomic E-state index is 0.0651. The molecule has 0 saturated heterocycles. The topological polar surface area (TPSA) is 0 Å². The van der Waals surface area contributed by atoms with Gasteiger partial charge in [0.2, 0.25) is 0 Å². The lowest BCUT2D eigenvalue weighted by Gasteiger charge is -2.34. The van der Waals surface area contributed by atoms with Gasteiger partial charge in [-0.1, -0.05) is 255 Å². The van der Waals surface area contributed by atoms with Gasteiger partial charge in [-0.3, -0.25) is 0 Å². The van der Waals surface area contributed by atoms with Gasteiger partial charge in [0.1, 0.15) is 0 Å². The van der Waals surface area contributed by atoms with E-state index in [1.807, 2.05) is 0 Å². The van der Waals surface area contributed by atoms with Crippen LogP contribution in [-0.4, -0.2) is 0 Å². The average molecular weight is 875 g/mol. The molecule has 0 heterocycles. The molecule has 0 radical (unpaired) electrons. The highest BCUT2D eigenvalue weighted by molar-refractivity contribution is 5.98. The Kier molecular flexibility index (Phi) is 9.04. The fourth-order valence-electron chi connectivity index (χ4n) is 12.5. The van der Waals surface area contributed by atoms with Gasteiger partial charge in [0.15, 0.2) is 0 Å². The molecule has 0 heteroatoms. The van der Waals surface area contributed by atoms with Crippen LogP contribution in [0.3, 0.4) is 0 Å². The summed E-state index contributed by atoms with van der Waals surface area (Å²) in [6, 6.07) is 101. The van der Waals surface area contributed by atoms with Crippen molar-refractivity contribution >= 4 is 32.3 Å². The third kappa shape index (κ3) is 6.09. The normalized spacial score (nSPS) is 14.6. The van der Waals surface area contributed by atoms with Crippen molar-refractivity contribution in [2.45, 2.75) is 17.3 Å². The highest BCUT2D eigenvalue weighted by Crippen LogP contribution is 2.58. The maximum absolute atomic E-state index is 2.58. The van der Waals surface area contributed by atoms with E-state index in [-0.39, 0.29) is 11.8 Å². The highest BCUT2D eigenvalue weighted by Gasteiger charge is 2.47. The summed E-state index contributed by atoms with van der Waals surface area (Å²) in [6.45, 7) is 0. The fraction of sp³-hybridized carbons (Fsp3) is 0.0435. The van der Waals surface area contributed by atoms with E-state index in [2.05, 4.69) is 267 Å². The van der Waals surface area contributed by atoms with Crippen LogP contribution >= 0.6 is 0 Å². The first-order valence-electron chi connectivity index (χ1n) is 24.3. The summed E-state index contributed by atoms with van der Waals surface area (Å²) in [4.78, 5) is 0. The van der Waals surface area contributed by atoms with Crippen molar-refractivity contribution in [1.82, 2.24) is 0 Å². The first-order chi connectivity index (χ1) is 34.2. The van der Waals surface area contributed by atoms with Gasteiger partial charge in [-0.05, 0) is 133 Å². The maximum Gasteiger partial charge on any atom is 0.0713 e. The summed E-state index contributed by atoms with van der Waals surface area (Å²) >= 11 is 0. The zero-order valence-electron chi connectivity index (χ0n) is 38.1. The molecule has 0 bridgehead atoms. The molecular weight excluding hydrogens is 829 g/mol. The second kappa shape index (κ2) is 15.8. The zero-order chi connectivity index (χ0) is 45.5. The molecule has 2 atom stereocenters. The van der Waals surface area contributed by atoms with Crippen LogP contribution in [0.1, 0.15) is 67.5 Å². The summed E-state index contributed by atoms with van der Waals surface area (Å²) in [7, 11) is 0. The Morgan fingerprint density at radius 3 is 1.57 bits per heavy atom. The second-order valence-electron chi connectivity index (χ2n) is 19.0. The summed E-state index contributed by atoms with van der Waals surface area (Å²) in [6.07, 6.45) is 0. The van der Waals surface area contributed by atoms with Crippen molar-refractivity contribution in [1.29, 1.82) is 0 Å². The number of hydrogen-bond acceptors (Lipinski definition) is 0. The minimum atomic E-state index is -0.585. The zero-order valence-corrected chi connectivity index (χ0v) is 38.1. The van der Waals surface area contributed by atoms with E-state index >= 15 is 0 Å². The summed E-state index contributed by atoms with van der Waals surface area (Å²) < 4.78 is 0. The van der Waals surface area contributed by atoms with Crippen molar-refractivity contribution in [3.8, 4) is 33.4 Å². The van der Waals surface area contributed by atoms with Gasteiger partial charge in [-0.25, -0.2) is 0 Å². The first kappa shape index (κ1) is 39.6. The van der Waals surface area contributed by atoms with Gasteiger partial charge < -0.3 is 0 Å². The molecule has 12 aromatic carbocycles. The molecule has 12 aromatic rings. The Hall–Kier alpha value is -8.58. The molecule has 0 spiro atoms. The average Bonchev–Trinajstić information content (AvgIpc) is 3.91. The van der Waals surface area contributed by atoms with Gasteiger partial charge in [0, 0.05) is 11.8 Å². The van der Waals surface area contributed by atoms with Crippen LogP contribution in [0.25, 0.3) is 65.7 Å². The third-order valence-electron chi connectivity index (χ3n) is 15.5. The van der Waals surface area contributed by atoms with Crippen LogP contribution in [-0.2, 0) is 5.41 Å². The Balaban J connectivity index is 1.02. The second-order valence-corrected chi connectivity index (χ2v) is 19.0. The molecular formula is C69H46. The lowest BCUT2D eigenvalue weighted by atomic mass is 9.67. The lowest BCUT2D eigenvalue weighted by Crippen LogP contribution is -2.28. The van der Waals surface area contributed by atoms with E-state index in [9.17, 15) is 0 Å². The Labute approximate surface area is 403 Å². The standard InChI is InChI=1S/C69H46/c1-4-20-48(21-5-1)67-63-42-52(35-37-58(63)62-40-33-47-19-13-15-29-57(47)68(62)67)66(61-30-16-23-46-18-12-14-28-56(46)61)53-36-39-60-59-38-34-51(50-32-31-45-17-10-11-22-49(45)41-50)43-64(59)69(65(60)44-53,54-24-6-2-7-25-54)55-26-8-3-9-27-55/h1-44,66-67H. The van der Waals surface area contributed by atoms with Crippen molar-refractivity contribution in [3.63, 3.8) is 0 Å². The molecule has 0 saturated carbocycles. The van der Waals surface area contributed by atoms with Gasteiger partial charge in [-0.15, -0.1) is 0 Å².